The van der Waals surface area contributed by atoms with Crippen molar-refractivity contribution in [2.75, 3.05) is 0 Å². The van der Waals surface area contributed by atoms with Gasteiger partial charge in [0.15, 0.2) is 0 Å². The highest BCUT2D eigenvalue weighted by Crippen LogP contribution is 2.53. The first-order chi connectivity index (χ1) is 4.37. The minimum Gasteiger partial charge on any atom is -0.320 e. The zero-order valence-electron chi connectivity index (χ0n) is 6.32. The molecule has 3 heteroatoms. The van der Waals surface area contributed by atoms with Crippen molar-refractivity contribution in [3.8, 4) is 0 Å². The quantitative estimate of drug-likeness (QED) is 0.636. The molecule has 1 nitrogen and oxygen atoms in total. The topological polar surface area (TPSA) is 26.0 Å². The molecule has 1 aliphatic rings. The van der Waals surface area contributed by atoms with Gasteiger partial charge in [-0.25, -0.2) is 8.78 Å². The zero-order valence-corrected chi connectivity index (χ0v) is 6.32. The van der Waals surface area contributed by atoms with Crippen LogP contribution < -0.4 is 5.73 Å². The maximum absolute atomic E-state index is 12.4. The van der Waals surface area contributed by atoms with Gasteiger partial charge < -0.3 is 5.73 Å². The molecule has 0 aromatic carbocycles. The molecule has 1 saturated carbocycles. The molecule has 1 rings (SSSR count). The largest absolute Gasteiger partial charge is 0.320 e. The molecule has 10 heavy (non-hydrogen) atoms. The van der Waals surface area contributed by atoms with Crippen LogP contribution >= 0.6 is 0 Å². The lowest BCUT2D eigenvalue weighted by Crippen LogP contribution is -2.31. The van der Waals surface area contributed by atoms with E-state index < -0.39 is 11.5 Å². The number of hydrogen-bond donors (Lipinski definition) is 1. The average molecular weight is 149 g/mol. The third-order valence-electron chi connectivity index (χ3n) is 1.91. The molecule has 0 heterocycles. The molecule has 1 atom stereocenters. The molecule has 0 aromatic heterocycles. The van der Waals surface area contributed by atoms with Gasteiger partial charge in [-0.2, -0.15) is 0 Å². The number of nitrogens with two attached hydrogens (primary N) is 1. The summed E-state index contributed by atoms with van der Waals surface area (Å²) in [5, 5.41) is 0. The Labute approximate surface area is 59.6 Å². The fraction of sp³-hybridized carbons (Fsp3) is 1.00. The van der Waals surface area contributed by atoms with E-state index in [0.717, 1.165) is 0 Å². The normalized spacial score (nSPS) is 36.6. The highest BCUT2D eigenvalue weighted by Gasteiger charge is 2.68. The second-order valence-corrected chi connectivity index (χ2v) is 3.64. The predicted octanol–water partition coefficient (Wildman–Crippen LogP) is 1.77. The fourth-order valence-corrected chi connectivity index (χ4v) is 1.30. The first-order valence-electron chi connectivity index (χ1n) is 3.54. The predicted molar refractivity (Wildman–Crippen MR) is 35.9 cm³/mol. The lowest BCUT2D eigenvalue weighted by molar-refractivity contribution is 0.0837. The Morgan fingerprint density at radius 2 is 1.90 bits per heavy atom. The first kappa shape index (κ1) is 7.92. The summed E-state index contributed by atoms with van der Waals surface area (Å²) in [4.78, 5) is 0. The molecule has 0 aromatic rings. The Bertz CT molecular complexity index is 145. The van der Waals surface area contributed by atoms with Crippen molar-refractivity contribution < 1.29 is 8.78 Å². The summed E-state index contributed by atoms with van der Waals surface area (Å²) in [6.45, 7) is 3.81. The molecule has 0 radical (unpaired) electrons. The number of halogens is 2. The summed E-state index contributed by atoms with van der Waals surface area (Å²) in [5.41, 5.74) is 4.21. The molecule has 0 aliphatic heterocycles. The van der Waals surface area contributed by atoms with Gasteiger partial charge in [0.2, 0.25) is 0 Å². The zero-order chi connectivity index (χ0) is 7.99. The Morgan fingerprint density at radius 3 is 2.00 bits per heavy atom. The van der Waals surface area contributed by atoms with E-state index in [1.165, 1.54) is 0 Å². The molecule has 0 amide bonds. The number of hydrogen-bond acceptors (Lipinski definition) is 1. The van der Waals surface area contributed by atoms with E-state index in [1.54, 1.807) is 0 Å². The van der Waals surface area contributed by atoms with Crippen LogP contribution in [0.25, 0.3) is 0 Å². The molecular weight excluding hydrogens is 136 g/mol. The van der Waals surface area contributed by atoms with E-state index in [1.807, 2.05) is 13.8 Å². The maximum Gasteiger partial charge on any atom is 0.267 e. The van der Waals surface area contributed by atoms with E-state index in [4.69, 9.17) is 5.73 Å². The molecule has 0 saturated heterocycles. The average Bonchev–Trinajstić information content (AvgIpc) is 2.01. The molecular formula is C7H13F2N. The lowest BCUT2D eigenvalue weighted by atomic mass is 10.0. The highest BCUT2D eigenvalue weighted by molar-refractivity contribution is 5.15. The van der Waals surface area contributed by atoms with Crippen LogP contribution in [-0.4, -0.2) is 11.5 Å². The highest BCUT2D eigenvalue weighted by atomic mass is 19.3. The molecule has 0 bridgehead atoms. The van der Waals surface area contributed by atoms with Crippen LogP contribution in [0.5, 0.6) is 0 Å². The maximum atomic E-state index is 12.4. The van der Waals surface area contributed by atoms with Crippen LogP contribution in [0.3, 0.4) is 0 Å². The number of rotatable bonds is 2. The first-order valence-corrected chi connectivity index (χ1v) is 3.54. The third-order valence-corrected chi connectivity index (χ3v) is 1.91. The molecule has 1 aliphatic carbocycles. The van der Waals surface area contributed by atoms with Gasteiger partial charge in [0.05, 0.1) is 5.54 Å². The summed E-state index contributed by atoms with van der Waals surface area (Å²) >= 11 is 0. The van der Waals surface area contributed by atoms with Crippen LogP contribution in [0, 0.1) is 5.92 Å². The van der Waals surface area contributed by atoms with E-state index >= 15 is 0 Å². The summed E-state index contributed by atoms with van der Waals surface area (Å²) in [5.74, 6) is -2.32. The monoisotopic (exact) mass is 149 g/mol. The second-order valence-electron chi connectivity index (χ2n) is 3.64. The Kier molecular flexibility index (Phi) is 1.51. The molecule has 60 valence electrons. The van der Waals surface area contributed by atoms with Crippen molar-refractivity contribution in [2.24, 2.45) is 11.7 Å². The van der Waals surface area contributed by atoms with Crippen LogP contribution in [0.1, 0.15) is 26.7 Å². The van der Waals surface area contributed by atoms with Gasteiger partial charge in [0.1, 0.15) is 0 Å². The van der Waals surface area contributed by atoms with Gasteiger partial charge in [-0.15, -0.1) is 0 Å². The van der Waals surface area contributed by atoms with Crippen molar-refractivity contribution in [3.05, 3.63) is 0 Å². The van der Waals surface area contributed by atoms with Crippen molar-refractivity contribution in [1.82, 2.24) is 0 Å². The lowest BCUT2D eigenvalue weighted by Gasteiger charge is -2.11. The van der Waals surface area contributed by atoms with E-state index in [-0.39, 0.29) is 12.3 Å². The molecule has 2 N–H and O–H groups in total. The second kappa shape index (κ2) is 1.91. The fourth-order valence-electron chi connectivity index (χ4n) is 1.30. The van der Waals surface area contributed by atoms with E-state index in [2.05, 4.69) is 0 Å². The molecule has 1 unspecified atom stereocenters. The Balaban J connectivity index is 2.44. The minimum absolute atomic E-state index is 0.127. The van der Waals surface area contributed by atoms with Gasteiger partial charge in [0.25, 0.3) is 5.92 Å². The van der Waals surface area contributed by atoms with Gasteiger partial charge in [-0.05, 0) is 12.3 Å². The molecule has 0 spiro atoms. The van der Waals surface area contributed by atoms with Gasteiger partial charge in [0, 0.05) is 6.42 Å². The van der Waals surface area contributed by atoms with Crippen LogP contribution in [0.4, 0.5) is 8.78 Å². The van der Waals surface area contributed by atoms with Gasteiger partial charge in [-0.1, -0.05) is 13.8 Å². The Hall–Kier alpha value is -0.180. The third kappa shape index (κ3) is 1.15. The minimum atomic E-state index is -2.59. The van der Waals surface area contributed by atoms with Crippen LogP contribution in [-0.2, 0) is 0 Å². The van der Waals surface area contributed by atoms with Gasteiger partial charge >= 0.3 is 0 Å². The summed E-state index contributed by atoms with van der Waals surface area (Å²) in [7, 11) is 0. The van der Waals surface area contributed by atoms with Crippen molar-refractivity contribution in [2.45, 2.75) is 38.2 Å². The standard InChI is InChI=1S/C7H13F2N/c1-5(2)3-6(10)4-7(6,8)9/h5H,3-4,10H2,1-2H3. The van der Waals surface area contributed by atoms with Crippen LogP contribution in [0.15, 0.2) is 0 Å². The van der Waals surface area contributed by atoms with Crippen LogP contribution in [0.2, 0.25) is 0 Å². The van der Waals surface area contributed by atoms with E-state index in [0.29, 0.717) is 6.42 Å². The number of alkyl halides is 2. The van der Waals surface area contributed by atoms with Gasteiger partial charge in [-0.3, -0.25) is 0 Å². The molecule has 1 fully saturated rings. The summed E-state index contributed by atoms with van der Waals surface area (Å²) in [6.07, 6.45) is 0.304. The smallest absolute Gasteiger partial charge is 0.267 e. The summed E-state index contributed by atoms with van der Waals surface area (Å²) in [6, 6.07) is 0. The van der Waals surface area contributed by atoms with E-state index in [9.17, 15) is 8.78 Å². The van der Waals surface area contributed by atoms with Crippen molar-refractivity contribution >= 4 is 0 Å². The summed E-state index contributed by atoms with van der Waals surface area (Å²) < 4.78 is 24.8. The van der Waals surface area contributed by atoms with Crippen molar-refractivity contribution in [1.29, 1.82) is 0 Å². The Morgan fingerprint density at radius 1 is 1.50 bits per heavy atom. The van der Waals surface area contributed by atoms with Crippen molar-refractivity contribution in [3.63, 3.8) is 0 Å². The SMILES string of the molecule is CC(C)CC1(N)CC1(F)F.